The van der Waals surface area contributed by atoms with Crippen molar-refractivity contribution >= 4 is 29.0 Å². The van der Waals surface area contributed by atoms with Crippen molar-refractivity contribution in [3.63, 3.8) is 0 Å². The number of hydrogen-bond acceptors (Lipinski definition) is 2. The van der Waals surface area contributed by atoms with Gasteiger partial charge in [0.2, 0.25) is 0 Å². The van der Waals surface area contributed by atoms with E-state index < -0.39 is 0 Å². The summed E-state index contributed by atoms with van der Waals surface area (Å²) in [6, 6.07) is 1.74. The molecule has 1 aromatic heterocycles. The summed E-state index contributed by atoms with van der Waals surface area (Å²) in [6.07, 6.45) is 3.13. The minimum atomic E-state index is 0.567. The average molecular weight is 233 g/mol. The summed E-state index contributed by atoms with van der Waals surface area (Å²) in [5.74, 6) is 0.696. The monoisotopic (exact) mass is 232 g/mol. The van der Waals surface area contributed by atoms with E-state index in [-0.39, 0.29) is 0 Å². The molecule has 0 atom stereocenters. The Balaban J connectivity index is 2.92. The highest BCUT2D eigenvalue weighted by atomic mass is 35.5. The Kier molecular flexibility index (Phi) is 4.49. The molecule has 0 spiro atoms. The summed E-state index contributed by atoms with van der Waals surface area (Å²) in [5, 5.41) is 4.16. The molecule has 78 valence electrons. The maximum Gasteiger partial charge on any atom is 0.144 e. The molecule has 1 rings (SSSR count). The van der Waals surface area contributed by atoms with Crippen LogP contribution < -0.4 is 5.32 Å². The van der Waals surface area contributed by atoms with Crippen LogP contribution in [-0.2, 0) is 6.42 Å². The van der Waals surface area contributed by atoms with Gasteiger partial charge in [0.15, 0.2) is 0 Å². The van der Waals surface area contributed by atoms with Gasteiger partial charge in [0.25, 0.3) is 0 Å². The van der Waals surface area contributed by atoms with E-state index in [9.17, 15) is 0 Å². The molecular formula is C10H14Cl2N2. The molecule has 1 aromatic rings. The van der Waals surface area contributed by atoms with Crippen molar-refractivity contribution in [2.75, 3.05) is 12.4 Å². The highest BCUT2D eigenvalue weighted by Gasteiger charge is 2.07. The summed E-state index contributed by atoms with van der Waals surface area (Å²) in [6.45, 7) is 2.14. The molecule has 0 aromatic carbocycles. The SMILES string of the molecule is CCCCc1nc(NC)c(Cl)cc1Cl. The second-order valence-corrected chi connectivity index (χ2v) is 3.92. The number of unbranched alkanes of at least 4 members (excludes halogenated alkanes) is 1. The molecule has 0 saturated heterocycles. The van der Waals surface area contributed by atoms with Gasteiger partial charge >= 0.3 is 0 Å². The van der Waals surface area contributed by atoms with Crippen LogP contribution in [0.1, 0.15) is 25.5 Å². The lowest BCUT2D eigenvalue weighted by atomic mass is 10.2. The molecule has 14 heavy (non-hydrogen) atoms. The molecule has 4 heteroatoms. The quantitative estimate of drug-likeness (QED) is 0.856. The van der Waals surface area contributed by atoms with Gasteiger partial charge in [-0.2, -0.15) is 0 Å². The lowest BCUT2D eigenvalue weighted by Gasteiger charge is -2.07. The number of halogens is 2. The molecule has 0 bridgehead atoms. The van der Waals surface area contributed by atoms with Crippen molar-refractivity contribution in [3.05, 3.63) is 21.8 Å². The molecule has 0 radical (unpaired) electrons. The van der Waals surface area contributed by atoms with Crippen molar-refractivity contribution in [3.8, 4) is 0 Å². The van der Waals surface area contributed by atoms with Crippen LogP contribution in [0.2, 0.25) is 10.0 Å². The van der Waals surface area contributed by atoms with Gasteiger partial charge in [-0.3, -0.25) is 0 Å². The summed E-state index contributed by atoms with van der Waals surface area (Å²) < 4.78 is 0. The summed E-state index contributed by atoms with van der Waals surface area (Å²) >= 11 is 11.9. The van der Waals surface area contributed by atoms with Crippen molar-refractivity contribution in [2.24, 2.45) is 0 Å². The second kappa shape index (κ2) is 5.42. The number of nitrogens with one attached hydrogen (secondary N) is 1. The van der Waals surface area contributed by atoms with Gasteiger partial charge < -0.3 is 5.32 Å². The Bertz CT molecular complexity index is 313. The fourth-order valence-corrected chi connectivity index (χ4v) is 1.75. The van der Waals surface area contributed by atoms with Crippen LogP contribution in [0.4, 0.5) is 5.82 Å². The maximum absolute atomic E-state index is 6.02. The van der Waals surface area contributed by atoms with Crippen LogP contribution in [0.5, 0.6) is 0 Å². The lowest BCUT2D eigenvalue weighted by Crippen LogP contribution is -1.98. The second-order valence-electron chi connectivity index (χ2n) is 3.10. The molecular weight excluding hydrogens is 219 g/mol. The number of pyridine rings is 1. The van der Waals surface area contributed by atoms with Gasteiger partial charge in [-0.15, -0.1) is 0 Å². The molecule has 0 amide bonds. The fourth-order valence-electron chi connectivity index (χ4n) is 1.20. The predicted octanol–water partition coefficient (Wildman–Crippen LogP) is 3.77. The van der Waals surface area contributed by atoms with E-state index in [0.29, 0.717) is 15.9 Å². The number of hydrogen-bond donors (Lipinski definition) is 1. The number of rotatable bonds is 4. The molecule has 0 aliphatic carbocycles. The van der Waals surface area contributed by atoms with E-state index in [2.05, 4.69) is 17.2 Å². The normalized spacial score (nSPS) is 10.3. The zero-order valence-electron chi connectivity index (χ0n) is 8.40. The lowest BCUT2D eigenvalue weighted by molar-refractivity contribution is 0.777. The Morgan fingerprint density at radius 2 is 2.07 bits per heavy atom. The third-order valence-electron chi connectivity index (χ3n) is 2.01. The fraction of sp³-hybridized carbons (Fsp3) is 0.500. The molecule has 2 nitrogen and oxygen atoms in total. The van der Waals surface area contributed by atoms with Gasteiger partial charge in [0, 0.05) is 7.05 Å². The third kappa shape index (κ3) is 2.76. The highest BCUT2D eigenvalue weighted by Crippen LogP contribution is 2.26. The standard InChI is InChI=1S/C10H14Cl2N2/c1-3-4-5-9-7(11)6-8(12)10(13-2)14-9/h6H,3-5H2,1-2H3,(H,13,14). The summed E-state index contributed by atoms with van der Waals surface area (Å²) in [4.78, 5) is 4.35. The van der Waals surface area contributed by atoms with Crippen LogP contribution in [0.15, 0.2) is 6.07 Å². The van der Waals surface area contributed by atoms with E-state index in [1.54, 1.807) is 13.1 Å². The first kappa shape index (κ1) is 11.6. The minimum absolute atomic E-state index is 0.567. The third-order valence-corrected chi connectivity index (χ3v) is 2.62. The van der Waals surface area contributed by atoms with Gasteiger partial charge in [-0.25, -0.2) is 4.98 Å². The van der Waals surface area contributed by atoms with Crippen LogP contribution >= 0.6 is 23.2 Å². The minimum Gasteiger partial charge on any atom is -0.372 e. The van der Waals surface area contributed by atoms with E-state index >= 15 is 0 Å². The first-order valence-electron chi connectivity index (χ1n) is 4.71. The van der Waals surface area contributed by atoms with Gasteiger partial charge in [0.05, 0.1) is 15.7 Å². The topological polar surface area (TPSA) is 24.9 Å². The molecule has 0 unspecified atom stereocenters. The molecule has 1 heterocycles. The molecule has 1 N–H and O–H groups in total. The van der Waals surface area contributed by atoms with Crippen LogP contribution in [0.25, 0.3) is 0 Å². The zero-order valence-corrected chi connectivity index (χ0v) is 9.91. The zero-order chi connectivity index (χ0) is 10.6. The van der Waals surface area contributed by atoms with Crippen molar-refractivity contribution in [1.29, 1.82) is 0 Å². The predicted molar refractivity (Wildman–Crippen MR) is 62.4 cm³/mol. The van der Waals surface area contributed by atoms with Crippen LogP contribution in [0.3, 0.4) is 0 Å². The Labute approximate surface area is 94.6 Å². The summed E-state index contributed by atoms with van der Waals surface area (Å²) in [5.41, 5.74) is 0.919. The van der Waals surface area contributed by atoms with Crippen molar-refractivity contribution in [1.82, 2.24) is 4.98 Å². The number of aromatic nitrogens is 1. The van der Waals surface area contributed by atoms with Crippen molar-refractivity contribution < 1.29 is 0 Å². The first-order valence-corrected chi connectivity index (χ1v) is 5.47. The maximum atomic E-state index is 6.02. The molecule has 0 fully saturated rings. The van der Waals surface area contributed by atoms with Gasteiger partial charge in [0.1, 0.15) is 5.82 Å². The van der Waals surface area contributed by atoms with Crippen LogP contribution in [-0.4, -0.2) is 12.0 Å². The molecule has 0 aliphatic heterocycles. The Morgan fingerprint density at radius 1 is 1.36 bits per heavy atom. The molecule has 0 saturated carbocycles. The van der Waals surface area contributed by atoms with E-state index in [1.807, 2.05) is 0 Å². The Hall–Kier alpha value is -0.470. The average Bonchev–Trinajstić information content (AvgIpc) is 2.17. The van der Waals surface area contributed by atoms with Gasteiger partial charge in [-0.1, -0.05) is 36.5 Å². The first-order chi connectivity index (χ1) is 6.69. The molecule has 0 aliphatic rings. The van der Waals surface area contributed by atoms with Crippen LogP contribution in [0, 0.1) is 0 Å². The highest BCUT2D eigenvalue weighted by molar-refractivity contribution is 6.36. The number of nitrogens with zero attached hydrogens (tertiary/aromatic N) is 1. The van der Waals surface area contributed by atoms with Crippen molar-refractivity contribution in [2.45, 2.75) is 26.2 Å². The van der Waals surface area contributed by atoms with E-state index in [4.69, 9.17) is 23.2 Å². The summed E-state index contributed by atoms with van der Waals surface area (Å²) in [7, 11) is 1.80. The number of aryl methyl sites for hydroxylation is 1. The smallest absolute Gasteiger partial charge is 0.144 e. The van der Waals surface area contributed by atoms with E-state index in [0.717, 1.165) is 25.0 Å². The largest absolute Gasteiger partial charge is 0.372 e. The number of anilines is 1. The Morgan fingerprint density at radius 3 is 2.64 bits per heavy atom. The van der Waals surface area contributed by atoms with E-state index in [1.165, 1.54) is 0 Å². The van der Waals surface area contributed by atoms with Gasteiger partial charge in [-0.05, 0) is 18.9 Å².